The summed E-state index contributed by atoms with van der Waals surface area (Å²) in [7, 11) is 0. The highest BCUT2D eigenvalue weighted by Crippen LogP contribution is 2.20. The average Bonchev–Trinajstić information content (AvgIpc) is 3.02. The molecule has 1 saturated heterocycles. The van der Waals surface area contributed by atoms with Crippen LogP contribution in [0, 0.1) is 0 Å². The summed E-state index contributed by atoms with van der Waals surface area (Å²) in [6.07, 6.45) is 7.92. The molecule has 0 radical (unpaired) electrons. The maximum Gasteiger partial charge on any atom is 0.191 e. The van der Waals surface area contributed by atoms with E-state index in [0.717, 1.165) is 76.0 Å². The monoisotopic (exact) mass is 565 g/mol. The van der Waals surface area contributed by atoms with E-state index in [1.165, 1.54) is 24.8 Å². The zero-order chi connectivity index (χ0) is 22.2. The highest BCUT2D eigenvalue weighted by atomic mass is 127. The fourth-order valence-electron chi connectivity index (χ4n) is 4.92. The lowest BCUT2D eigenvalue weighted by molar-refractivity contribution is 0.134. The minimum atomic E-state index is 0. The molecule has 2 aliphatic heterocycles. The molecule has 0 aliphatic carbocycles. The number of fused-ring (bicyclic) bond motifs is 1. The topological polar surface area (TPSA) is 70.4 Å². The van der Waals surface area contributed by atoms with Crippen LogP contribution in [-0.4, -0.2) is 57.3 Å². The summed E-state index contributed by atoms with van der Waals surface area (Å²) in [5.74, 6) is 3.17. The number of likely N-dealkylation sites (tertiary alicyclic amines) is 1. The standard InChI is InChI=1S/C25H39N7.HI/c1-3-26-25(27-15-13-24-30-29-23-12-8-5-9-16-32(23)24)28-22-14-17-31(20(2)18-22)19-21-10-6-4-7-11-21;/h4,6-7,10-11,20,22H,3,5,8-9,12-19H2,1-2H3,(H2,26,27,28);1H. The van der Waals surface area contributed by atoms with E-state index in [9.17, 15) is 0 Å². The number of nitrogens with one attached hydrogen (secondary N) is 2. The van der Waals surface area contributed by atoms with Crippen molar-refractivity contribution in [3.05, 3.63) is 47.5 Å². The zero-order valence-corrected chi connectivity index (χ0v) is 22.5. The van der Waals surface area contributed by atoms with Gasteiger partial charge in [0.1, 0.15) is 11.6 Å². The lowest BCUT2D eigenvalue weighted by atomic mass is 9.97. The van der Waals surface area contributed by atoms with Crippen LogP contribution in [0.5, 0.6) is 0 Å². The molecule has 0 amide bonds. The van der Waals surface area contributed by atoms with Crippen molar-refractivity contribution in [2.24, 2.45) is 4.99 Å². The first-order valence-electron chi connectivity index (χ1n) is 12.5. The van der Waals surface area contributed by atoms with Crippen LogP contribution < -0.4 is 10.6 Å². The van der Waals surface area contributed by atoms with Crippen LogP contribution in [0.25, 0.3) is 0 Å². The first-order valence-corrected chi connectivity index (χ1v) is 12.5. The number of hydrogen-bond donors (Lipinski definition) is 2. The Morgan fingerprint density at radius 2 is 1.97 bits per heavy atom. The molecule has 7 nitrogen and oxygen atoms in total. The van der Waals surface area contributed by atoms with Crippen LogP contribution in [0.3, 0.4) is 0 Å². The summed E-state index contributed by atoms with van der Waals surface area (Å²) >= 11 is 0. The van der Waals surface area contributed by atoms with Crippen LogP contribution in [-0.2, 0) is 25.9 Å². The van der Waals surface area contributed by atoms with Gasteiger partial charge in [-0.2, -0.15) is 0 Å². The molecule has 0 saturated carbocycles. The van der Waals surface area contributed by atoms with E-state index in [1.54, 1.807) is 0 Å². The molecule has 2 aromatic rings. The second kappa shape index (κ2) is 13.3. The van der Waals surface area contributed by atoms with Crippen molar-refractivity contribution >= 4 is 29.9 Å². The first kappa shape index (κ1) is 25.9. The molecule has 182 valence electrons. The SMILES string of the molecule is CCNC(=NCCc1nnc2n1CCCCC2)NC1CCN(Cc2ccccc2)C(C)C1.I. The quantitative estimate of drug-likeness (QED) is 0.304. The minimum Gasteiger partial charge on any atom is -0.357 e. The lowest BCUT2D eigenvalue weighted by Gasteiger charge is -2.38. The number of piperidine rings is 1. The predicted molar refractivity (Wildman–Crippen MR) is 145 cm³/mol. The van der Waals surface area contributed by atoms with Crippen molar-refractivity contribution in [1.82, 2.24) is 30.3 Å². The van der Waals surface area contributed by atoms with Gasteiger partial charge in [-0.05, 0) is 45.1 Å². The van der Waals surface area contributed by atoms with Gasteiger partial charge in [0.05, 0.1) is 0 Å². The third-order valence-electron chi connectivity index (χ3n) is 6.72. The van der Waals surface area contributed by atoms with Crippen LogP contribution in [0.15, 0.2) is 35.3 Å². The minimum absolute atomic E-state index is 0. The van der Waals surface area contributed by atoms with E-state index in [4.69, 9.17) is 4.99 Å². The Hall–Kier alpha value is -1.68. The average molecular weight is 566 g/mol. The number of benzene rings is 1. The Balaban J connectivity index is 0.00000306. The number of hydrogen-bond acceptors (Lipinski definition) is 4. The second-order valence-electron chi connectivity index (χ2n) is 9.18. The van der Waals surface area contributed by atoms with Gasteiger partial charge >= 0.3 is 0 Å². The van der Waals surface area contributed by atoms with Gasteiger partial charge in [-0.1, -0.05) is 36.8 Å². The number of aryl methyl sites for hydroxylation is 1. The van der Waals surface area contributed by atoms with Gasteiger partial charge in [-0.15, -0.1) is 34.2 Å². The third kappa shape index (κ3) is 7.40. The van der Waals surface area contributed by atoms with Gasteiger partial charge in [0.15, 0.2) is 5.96 Å². The van der Waals surface area contributed by atoms with Crippen molar-refractivity contribution in [2.75, 3.05) is 19.6 Å². The summed E-state index contributed by atoms with van der Waals surface area (Å²) in [5, 5.41) is 16.0. The van der Waals surface area contributed by atoms with Crippen LogP contribution in [0.2, 0.25) is 0 Å². The Morgan fingerprint density at radius 3 is 2.76 bits per heavy atom. The van der Waals surface area contributed by atoms with Crippen molar-refractivity contribution < 1.29 is 0 Å². The Kier molecular flexibility index (Phi) is 10.4. The molecule has 2 atom stereocenters. The first-order chi connectivity index (χ1) is 15.7. The lowest BCUT2D eigenvalue weighted by Crippen LogP contribution is -2.51. The molecule has 1 aromatic carbocycles. The summed E-state index contributed by atoms with van der Waals surface area (Å²) < 4.78 is 2.33. The largest absolute Gasteiger partial charge is 0.357 e. The van der Waals surface area contributed by atoms with E-state index in [0.29, 0.717) is 12.1 Å². The second-order valence-corrected chi connectivity index (χ2v) is 9.18. The Morgan fingerprint density at radius 1 is 1.12 bits per heavy atom. The highest BCUT2D eigenvalue weighted by molar-refractivity contribution is 14.0. The smallest absolute Gasteiger partial charge is 0.191 e. The molecule has 2 aliphatic rings. The number of rotatable bonds is 7. The van der Waals surface area contributed by atoms with E-state index in [1.807, 2.05) is 0 Å². The third-order valence-corrected chi connectivity index (χ3v) is 6.72. The number of aromatic nitrogens is 3. The fourth-order valence-corrected chi connectivity index (χ4v) is 4.92. The molecule has 2 N–H and O–H groups in total. The Labute approximate surface area is 215 Å². The molecule has 1 aromatic heterocycles. The van der Waals surface area contributed by atoms with Gasteiger partial charge in [0.2, 0.25) is 0 Å². The molecule has 4 rings (SSSR count). The van der Waals surface area contributed by atoms with Crippen LogP contribution in [0.1, 0.15) is 63.2 Å². The van der Waals surface area contributed by atoms with E-state index in [-0.39, 0.29) is 24.0 Å². The molecule has 1 fully saturated rings. The van der Waals surface area contributed by atoms with Crippen molar-refractivity contribution in [3.63, 3.8) is 0 Å². The summed E-state index contributed by atoms with van der Waals surface area (Å²) in [6.45, 7) is 9.27. The van der Waals surface area contributed by atoms with Gasteiger partial charge in [0, 0.05) is 57.6 Å². The molecule has 8 heteroatoms. The summed E-state index contributed by atoms with van der Waals surface area (Å²) in [4.78, 5) is 7.46. The molecular weight excluding hydrogens is 525 g/mol. The zero-order valence-electron chi connectivity index (χ0n) is 20.2. The van der Waals surface area contributed by atoms with Gasteiger partial charge < -0.3 is 15.2 Å². The molecule has 2 unspecified atom stereocenters. The van der Waals surface area contributed by atoms with Gasteiger partial charge in [-0.25, -0.2) is 0 Å². The number of nitrogens with zero attached hydrogens (tertiary/aromatic N) is 5. The maximum atomic E-state index is 4.87. The van der Waals surface area contributed by atoms with Gasteiger partial charge in [-0.3, -0.25) is 9.89 Å². The Bertz CT molecular complexity index is 867. The summed E-state index contributed by atoms with van der Waals surface area (Å²) in [5.41, 5.74) is 1.40. The van der Waals surface area contributed by atoms with Crippen LogP contribution in [0.4, 0.5) is 0 Å². The van der Waals surface area contributed by atoms with Crippen LogP contribution >= 0.6 is 24.0 Å². The molecule has 0 spiro atoms. The summed E-state index contributed by atoms with van der Waals surface area (Å²) in [6, 6.07) is 11.8. The predicted octanol–water partition coefficient (Wildman–Crippen LogP) is 3.77. The molecular formula is C25H40IN7. The van der Waals surface area contributed by atoms with E-state index < -0.39 is 0 Å². The fraction of sp³-hybridized carbons (Fsp3) is 0.640. The van der Waals surface area contributed by atoms with E-state index in [2.05, 4.69) is 74.5 Å². The highest BCUT2D eigenvalue weighted by Gasteiger charge is 2.26. The molecule has 3 heterocycles. The van der Waals surface area contributed by atoms with Gasteiger partial charge in [0.25, 0.3) is 0 Å². The molecule has 0 bridgehead atoms. The normalized spacial score (nSPS) is 21.6. The van der Waals surface area contributed by atoms with Crippen molar-refractivity contribution in [2.45, 2.75) is 84.0 Å². The van der Waals surface area contributed by atoms with E-state index >= 15 is 0 Å². The maximum absolute atomic E-state index is 4.87. The number of guanidine groups is 1. The number of halogens is 1. The molecule has 33 heavy (non-hydrogen) atoms. The number of aliphatic imine (C=N–C) groups is 1. The van der Waals surface area contributed by atoms with Crippen molar-refractivity contribution in [1.29, 1.82) is 0 Å². The van der Waals surface area contributed by atoms with Crippen molar-refractivity contribution in [3.8, 4) is 0 Å².